The van der Waals surface area contributed by atoms with Crippen LogP contribution in [0.5, 0.6) is 0 Å². The SMILES string of the molecule is CC(C)c1ccc([C@H]2OC3(CCCC3I)c3c4c(nc(C(C)C)c32)CC(C)(C)CC4O[Si](C)(C)C(C)(C)C)cc1. The average molecular weight is 674 g/mol. The first-order valence-corrected chi connectivity index (χ1v) is 19.8. The van der Waals surface area contributed by atoms with Crippen molar-refractivity contribution in [3.8, 4) is 0 Å². The zero-order valence-electron chi connectivity index (χ0n) is 26.9. The summed E-state index contributed by atoms with van der Waals surface area (Å²) >= 11 is 2.71. The van der Waals surface area contributed by atoms with E-state index in [4.69, 9.17) is 14.1 Å². The molecule has 1 spiro atoms. The molecular formula is C35H52INO2Si. The zero-order valence-corrected chi connectivity index (χ0v) is 30.0. The molecule has 2 aromatic rings. The standard InChI is InChI=1S/C35H52INO2Si/c1-21(2)23-14-16-24(17-15-23)32-29-30(35(38-32)18-12-13-27(35)36)28-25(37-31(29)22(3)4)19-34(8,9)20-26(28)39-40(10,11)33(5,6)7/h14-17,21-22,26-27,32H,12-13,18-20H2,1-11H3/t26?,27?,32-,35?/m1/s1. The maximum Gasteiger partial charge on any atom is 0.192 e. The van der Waals surface area contributed by atoms with Crippen molar-refractivity contribution in [1.82, 2.24) is 4.98 Å². The van der Waals surface area contributed by atoms with Crippen molar-refractivity contribution in [2.45, 2.75) is 146 Å². The van der Waals surface area contributed by atoms with Gasteiger partial charge in [0, 0.05) is 32.0 Å². The molecule has 1 aliphatic heterocycles. The first kappa shape index (κ1) is 30.7. The lowest BCUT2D eigenvalue weighted by atomic mass is 9.70. The number of pyridine rings is 1. The molecule has 0 amide bonds. The van der Waals surface area contributed by atoms with Gasteiger partial charge in [-0.05, 0) is 78.6 Å². The van der Waals surface area contributed by atoms with E-state index >= 15 is 0 Å². The van der Waals surface area contributed by atoms with E-state index in [1.165, 1.54) is 52.0 Å². The van der Waals surface area contributed by atoms with Gasteiger partial charge in [0.1, 0.15) is 11.7 Å². The number of benzene rings is 1. The normalized spacial score (nSPS) is 28.0. The van der Waals surface area contributed by atoms with E-state index < -0.39 is 8.32 Å². The molecule has 2 heterocycles. The van der Waals surface area contributed by atoms with Crippen LogP contribution in [0.3, 0.4) is 0 Å². The fraction of sp³-hybridized carbons (Fsp3) is 0.686. The lowest BCUT2D eigenvalue weighted by Crippen LogP contribution is -2.44. The molecule has 2 aliphatic carbocycles. The van der Waals surface area contributed by atoms with Gasteiger partial charge in [-0.15, -0.1) is 0 Å². The number of rotatable bonds is 5. The molecule has 3 unspecified atom stereocenters. The minimum atomic E-state index is -2.03. The maximum atomic E-state index is 7.44. The van der Waals surface area contributed by atoms with E-state index in [0.717, 1.165) is 19.3 Å². The van der Waals surface area contributed by atoms with Gasteiger partial charge in [0.05, 0.1) is 6.10 Å². The van der Waals surface area contributed by atoms with Crippen molar-refractivity contribution >= 4 is 30.9 Å². The molecule has 1 fully saturated rings. The highest BCUT2D eigenvalue weighted by molar-refractivity contribution is 14.1. The Bertz CT molecular complexity index is 1260. The fourth-order valence-electron chi connectivity index (χ4n) is 7.06. The van der Waals surface area contributed by atoms with Crippen molar-refractivity contribution in [3.05, 3.63) is 63.5 Å². The van der Waals surface area contributed by atoms with Crippen LogP contribution in [0.25, 0.3) is 0 Å². The first-order chi connectivity index (χ1) is 18.5. The molecule has 0 N–H and O–H groups in total. The van der Waals surface area contributed by atoms with Crippen LogP contribution in [-0.4, -0.2) is 17.2 Å². The predicted molar refractivity (Wildman–Crippen MR) is 178 cm³/mol. The summed E-state index contributed by atoms with van der Waals surface area (Å²) in [6.07, 6.45) is 5.52. The summed E-state index contributed by atoms with van der Waals surface area (Å²) in [5.74, 6) is 0.844. The molecule has 40 heavy (non-hydrogen) atoms. The minimum absolute atomic E-state index is 0.0637. The second-order valence-corrected chi connectivity index (χ2v) is 22.0. The van der Waals surface area contributed by atoms with Crippen molar-refractivity contribution < 1.29 is 9.16 Å². The van der Waals surface area contributed by atoms with Crippen molar-refractivity contribution in [3.63, 3.8) is 0 Å². The quantitative estimate of drug-likeness (QED) is 0.180. The molecule has 3 nitrogen and oxygen atoms in total. The molecule has 220 valence electrons. The van der Waals surface area contributed by atoms with E-state index in [2.05, 4.69) is 122 Å². The third-order valence-corrected chi connectivity index (χ3v) is 16.4. The topological polar surface area (TPSA) is 31.4 Å². The molecule has 4 atom stereocenters. The van der Waals surface area contributed by atoms with Crippen molar-refractivity contribution in [1.29, 1.82) is 0 Å². The van der Waals surface area contributed by atoms with Crippen molar-refractivity contribution in [2.24, 2.45) is 5.41 Å². The second kappa shape index (κ2) is 10.4. The van der Waals surface area contributed by atoms with E-state index in [9.17, 15) is 0 Å². The third-order valence-electron chi connectivity index (χ3n) is 10.3. The number of ether oxygens (including phenoxy) is 1. The Morgan fingerprint density at radius 1 is 1.02 bits per heavy atom. The lowest BCUT2D eigenvalue weighted by Gasteiger charge is -2.45. The van der Waals surface area contributed by atoms with Crippen LogP contribution >= 0.6 is 22.6 Å². The van der Waals surface area contributed by atoms with Gasteiger partial charge in [-0.3, -0.25) is 4.98 Å². The highest BCUT2D eigenvalue weighted by Gasteiger charge is 2.57. The van der Waals surface area contributed by atoms with Crippen LogP contribution in [0.2, 0.25) is 18.1 Å². The third kappa shape index (κ3) is 5.17. The predicted octanol–water partition coefficient (Wildman–Crippen LogP) is 10.7. The van der Waals surface area contributed by atoms with E-state index in [0.29, 0.717) is 15.8 Å². The smallest absolute Gasteiger partial charge is 0.192 e. The van der Waals surface area contributed by atoms with Gasteiger partial charge in [0.2, 0.25) is 0 Å². The Morgan fingerprint density at radius 3 is 2.20 bits per heavy atom. The summed E-state index contributed by atoms with van der Waals surface area (Å²) in [7, 11) is -2.03. The van der Waals surface area contributed by atoms with Gasteiger partial charge < -0.3 is 9.16 Å². The summed E-state index contributed by atoms with van der Waals surface area (Å²) in [4.78, 5) is 5.58. The maximum absolute atomic E-state index is 7.44. The number of aromatic nitrogens is 1. The fourth-order valence-corrected chi connectivity index (χ4v) is 9.53. The van der Waals surface area contributed by atoms with Crippen LogP contribution in [0, 0.1) is 5.41 Å². The molecule has 0 radical (unpaired) electrons. The molecule has 0 saturated heterocycles. The number of hydrogen-bond acceptors (Lipinski definition) is 3. The number of alkyl halides is 1. The van der Waals surface area contributed by atoms with Crippen molar-refractivity contribution in [2.75, 3.05) is 0 Å². The number of nitrogens with zero attached hydrogens (tertiary/aromatic N) is 1. The van der Waals surface area contributed by atoms with Gasteiger partial charge in [-0.25, -0.2) is 0 Å². The monoisotopic (exact) mass is 673 g/mol. The Morgan fingerprint density at radius 2 is 1.68 bits per heavy atom. The van der Waals surface area contributed by atoms with E-state index in [1.54, 1.807) is 0 Å². The molecule has 1 aromatic heterocycles. The van der Waals surface area contributed by atoms with Crippen LogP contribution < -0.4 is 0 Å². The molecule has 3 aliphatic rings. The van der Waals surface area contributed by atoms with Gasteiger partial charge in [0.15, 0.2) is 8.32 Å². The number of fused-ring (bicyclic) bond motifs is 4. The zero-order chi connectivity index (χ0) is 29.4. The summed E-state index contributed by atoms with van der Waals surface area (Å²) in [6.45, 7) is 25.9. The highest BCUT2D eigenvalue weighted by Crippen LogP contribution is 2.62. The Hall–Kier alpha value is -0.763. The number of hydrogen-bond donors (Lipinski definition) is 0. The largest absolute Gasteiger partial charge is 0.410 e. The van der Waals surface area contributed by atoms with Crippen LogP contribution in [0.4, 0.5) is 0 Å². The van der Waals surface area contributed by atoms with Gasteiger partial charge >= 0.3 is 0 Å². The van der Waals surface area contributed by atoms with Gasteiger partial charge in [-0.2, -0.15) is 0 Å². The average Bonchev–Trinajstić information content (AvgIpc) is 3.37. The molecule has 5 rings (SSSR count). The van der Waals surface area contributed by atoms with Crippen LogP contribution in [0.15, 0.2) is 24.3 Å². The highest BCUT2D eigenvalue weighted by atomic mass is 127. The summed E-state index contributed by atoms with van der Waals surface area (Å²) in [5.41, 5.74) is 9.25. The number of halogens is 1. The molecule has 1 saturated carbocycles. The molecule has 5 heteroatoms. The summed E-state index contributed by atoms with van der Waals surface area (Å²) < 4.78 is 15.3. The Labute approximate surface area is 258 Å². The molecule has 1 aromatic carbocycles. The summed E-state index contributed by atoms with van der Waals surface area (Å²) in [6, 6.07) is 9.24. The minimum Gasteiger partial charge on any atom is -0.410 e. The van der Waals surface area contributed by atoms with Crippen LogP contribution in [-0.2, 0) is 21.2 Å². The molecular weight excluding hydrogens is 621 g/mol. The van der Waals surface area contributed by atoms with Crippen LogP contribution in [0.1, 0.15) is 151 Å². The first-order valence-electron chi connectivity index (χ1n) is 15.6. The van der Waals surface area contributed by atoms with E-state index in [1.807, 2.05) is 0 Å². The molecule has 0 bridgehead atoms. The van der Waals surface area contributed by atoms with Gasteiger partial charge in [0.25, 0.3) is 0 Å². The Kier molecular flexibility index (Phi) is 8.02. The summed E-state index contributed by atoms with van der Waals surface area (Å²) in [5, 5.41) is 0.150. The Balaban J connectivity index is 1.78. The van der Waals surface area contributed by atoms with E-state index in [-0.39, 0.29) is 28.3 Å². The van der Waals surface area contributed by atoms with Gasteiger partial charge in [-0.1, -0.05) is 109 Å². The lowest BCUT2D eigenvalue weighted by molar-refractivity contribution is -0.0514. The second-order valence-electron chi connectivity index (χ2n) is 15.8.